The molecule has 1 saturated heterocycles. The Morgan fingerprint density at radius 2 is 2.11 bits per heavy atom. The molecule has 1 fully saturated rings. The molecule has 2 aliphatic heterocycles. The molecule has 2 amide bonds. The fourth-order valence-corrected chi connectivity index (χ4v) is 4.32. The third-order valence-electron chi connectivity index (χ3n) is 4.38. The minimum absolute atomic E-state index is 0.00943. The lowest BCUT2D eigenvalue weighted by molar-refractivity contribution is -0.121. The molecule has 0 spiro atoms. The van der Waals surface area contributed by atoms with E-state index >= 15 is 0 Å². The number of fused-ring (bicyclic) bond motifs is 1. The van der Waals surface area contributed by atoms with Gasteiger partial charge < -0.3 is 15.0 Å². The van der Waals surface area contributed by atoms with Crippen LogP contribution < -0.4 is 15.0 Å². The van der Waals surface area contributed by atoms with Crippen LogP contribution in [0.15, 0.2) is 47.4 Å². The number of benzene rings is 2. The molecule has 0 atom stereocenters. The van der Waals surface area contributed by atoms with E-state index in [2.05, 4.69) is 5.32 Å². The average molecular weight is 431 g/mol. The van der Waals surface area contributed by atoms with Gasteiger partial charge in [-0.2, -0.15) is 0 Å². The molecule has 5 nitrogen and oxygen atoms in total. The van der Waals surface area contributed by atoms with Gasteiger partial charge in [-0.05, 0) is 47.9 Å². The highest BCUT2D eigenvalue weighted by atomic mass is 35.5. The Kier molecular flexibility index (Phi) is 5.39. The van der Waals surface area contributed by atoms with Crippen LogP contribution in [-0.4, -0.2) is 29.3 Å². The van der Waals surface area contributed by atoms with E-state index in [1.807, 2.05) is 42.5 Å². The second-order valence-corrected chi connectivity index (χ2v) is 8.45. The van der Waals surface area contributed by atoms with Gasteiger partial charge in [0.05, 0.1) is 10.6 Å². The summed E-state index contributed by atoms with van der Waals surface area (Å²) < 4.78 is 6.00. The normalized spacial score (nSPS) is 17.5. The molecule has 2 aliphatic rings. The number of hydrogen-bond acceptors (Lipinski definition) is 5. The summed E-state index contributed by atoms with van der Waals surface area (Å²) in [5.74, 6) is 0.332. The third kappa shape index (κ3) is 4.06. The molecule has 0 unspecified atom stereocenters. The molecular weight excluding hydrogens is 416 g/mol. The minimum atomic E-state index is -0.210. The monoisotopic (exact) mass is 430 g/mol. The summed E-state index contributed by atoms with van der Waals surface area (Å²) in [6.07, 6.45) is 2.43. The molecule has 2 heterocycles. The number of rotatable bonds is 4. The van der Waals surface area contributed by atoms with Crippen LogP contribution in [0.2, 0.25) is 5.02 Å². The zero-order valence-electron chi connectivity index (χ0n) is 14.6. The summed E-state index contributed by atoms with van der Waals surface area (Å²) in [6.45, 7) is 0.518. The second kappa shape index (κ2) is 7.95. The molecule has 0 aliphatic carbocycles. The quantitative estimate of drug-likeness (QED) is 0.590. The van der Waals surface area contributed by atoms with Crippen LogP contribution in [0, 0.1) is 0 Å². The summed E-state index contributed by atoms with van der Waals surface area (Å²) in [4.78, 5) is 26.6. The van der Waals surface area contributed by atoms with Crippen molar-refractivity contribution < 1.29 is 14.3 Å². The lowest BCUT2D eigenvalue weighted by Crippen LogP contribution is -2.40. The molecule has 0 aromatic heterocycles. The Balaban J connectivity index is 1.60. The maximum absolute atomic E-state index is 12.5. The van der Waals surface area contributed by atoms with Crippen LogP contribution in [0.1, 0.15) is 11.1 Å². The number of thiocarbonyl (C=S) groups is 1. The third-order valence-corrected chi connectivity index (χ3v) is 5.78. The largest absolute Gasteiger partial charge is 0.482 e. The fourth-order valence-electron chi connectivity index (χ4n) is 3.06. The number of nitrogens with one attached hydrogen (secondary N) is 1. The first-order valence-electron chi connectivity index (χ1n) is 8.56. The van der Waals surface area contributed by atoms with E-state index in [0.717, 1.165) is 11.1 Å². The van der Waals surface area contributed by atoms with Gasteiger partial charge in [-0.25, -0.2) is 0 Å². The number of carbonyl (C=O) groups excluding carboxylic acids is 2. The van der Waals surface area contributed by atoms with Crippen LogP contribution in [0.5, 0.6) is 5.75 Å². The molecule has 142 valence electrons. The van der Waals surface area contributed by atoms with Gasteiger partial charge in [0.2, 0.25) is 0 Å². The van der Waals surface area contributed by atoms with Crippen LogP contribution in [0.25, 0.3) is 6.08 Å². The molecule has 0 radical (unpaired) electrons. The van der Waals surface area contributed by atoms with Crippen molar-refractivity contribution in [2.24, 2.45) is 0 Å². The highest BCUT2D eigenvalue weighted by molar-refractivity contribution is 8.26. The smallest absolute Gasteiger partial charge is 0.265 e. The first-order chi connectivity index (χ1) is 13.5. The molecule has 4 rings (SSSR count). The summed E-state index contributed by atoms with van der Waals surface area (Å²) >= 11 is 12.3. The first kappa shape index (κ1) is 19.0. The average Bonchev–Trinajstić information content (AvgIpc) is 2.98. The van der Waals surface area contributed by atoms with Gasteiger partial charge in [0.25, 0.3) is 11.8 Å². The van der Waals surface area contributed by atoms with Gasteiger partial charge in [-0.15, -0.1) is 0 Å². The Hall–Kier alpha value is -2.35. The predicted molar refractivity (Wildman–Crippen MR) is 116 cm³/mol. The lowest BCUT2D eigenvalue weighted by atomic mass is 10.1. The van der Waals surface area contributed by atoms with Crippen molar-refractivity contribution in [3.8, 4) is 5.75 Å². The van der Waals surface area contributed by atoms with E-state index in [1.54, 1.807) is 11.0 Å². The second-order valence-electron chi connectivity index (χ2n) is 6.29. The standard InChI is InChI=1S/C20H15ClN2O3S2/c21-14-3-1-2-12(8-14)6-7-23-15-9-13(4-5-16(15)26-11-18(23)24)10-17-19(25)22-20(27)28-17/h1-5,8-10H,6-7,11H2,(H,22,25,27)/b17-10+. The number of nitrogens with zero attached hydrogens (tertiary/aromatic N) is 1. The SMILES string of the molecule is O=C1NC(=S)S/C1=C/c1ccc2c(c1)N(CCc1cccc(Cl)c1)C(=O)CO2. The van der Waals surface area contributed by atoms with Crippen molar-refractivity contribution in [3.05, 3.63) is 63.5 Å². The van der Waals surface area contributed by atoms with Crippen molar-refractivity contribution in [1.82, 2.24) is 5.32 Å². The predicted octanol–water partition coefficient (Wildman–Crippen LogP) is 3.80. The Morgan fingerprint density at radius 1 is 1.25 bits per heavy atom. The number of anilines is 1. The maximum Gasteiger partial charge on any atom is 0.265 e. The van der Waals surface area contributed by atoms with E-state index in [4.69, 9.17) is 28.6 Å². The van der Waals surface area contributed by atoms with Gasteiger partial charge in [-0.1, -0.05) is 53.8 Å². The van der Waals surface area contributed by atoms with E-state index in [1.165, 1.54) is 11.8 Å². The molecule has 0 saturated carbocycles. The van der Waals surface area contributed by atoms with Crippen LogP contribution in [0.3, 0.4) is 0 Å². The van der Waals surface area contributed by atoms with Gasteiger partial charge >= 0.3 is 0 Å². The van der Waals surface area contributed by atoms with Crippen molar-refractivity contribution >= 4 is 63.5 Å². The summed E-state index contributed by atoms with van der Waals surface area (Å²) in [7, 11) is 0. The summed E-state index contributed by atoms with van der Waals surface area (Å²) in [5.41, 5.74) is 2.55. The Labute approximate surface area is 176 Å². The molecule has 0 bridgehead atoms. The fraction of sp³-hybridized carbons (Fsp3) is 0.150. The van der Waals surface area contributed by atoms with Crippen LogP contribution in [-0.2, 0) is 16.0 Å². The maximum atomic E-state index is 12.5. The van der Waals surface area contributed by atoms with Crippen LogP contribution >= 0.6 is 35.6 Å². The molecule has 2 aromatic carbocycles. The highest BCUT2D eigenvalue weighted by Crippen LogP contribution is 2.35. The molecular formula is C20H15ClN2O3S2. The van der Waals surface area contributed by atoms with Crippen molar-refractivity contribution in [3.63, 3.8) is 0 Å². The molecule has 2 aromatic rings. The summed E-state index contributed by atoms with van der Waals surface area (Å²) in [6, 6.07) is 13.1. The number of thioether (sulfide) groups is 1. The van der Waals surface area contributed by atoms with E-state index in [9.17, 15) is 9.59 Å². The minimum Gasteiger partial charge on any atom is -0.482 e. The number of hydrogen-bond donors (Lipinski definition) is 1. The molecule has 28 heavy (non-hydrogen) atoms. The van der Waals surface area contributed by atoms with Gasteiger partial charge in [-0.3, -0.25) is 9.59 Å². The van der Waals surface area contributed by atoms with E-state index < -0.39 is 0 Å². The number of ether oxygens (including phenoxy) is 1. The van der Waals surface area contributed by atoms with Crippen molar-refractivity contribution in [1.29, 1.82) is 0 Å². The number of halogens is 1. The van der Waals surface area contributed by atoms with Crippen molar-refractivity contribution in [2.45, 2.75) is 6.42 Å². The zero-order chi connectivity index (χ0) is 19.7. The highest BCUT2D eigenvalue weighted by Gasteiger charge is 2.26. The van der Waals surface area contributed by atoms with E-state index in [0.29, 0.717) is 38.7 Å². The Morgan fingerprint density at radius 3 is 2.86 bits per heavy atom. The van der Waals surface area contributed by atoms with Gasteiger partial charge in [0, 0.05) is 11.6 Å². The van der Waals surface area contributed by atoms with Crippen LogP contribution in [0.4, 0.5) is 5.69 Å². The number of carbonyl (C=O) groups is 2. The molecule has 1 N–H and O–H groups in total. The zero-order valence-corrected chi connectivity index (χ0v) is 17.0. The number of amides is 2. The lowest BCUT2D eigenvalue weighted by Gasteiger charge is -2.29. The topological polar surface area (TPSA) is 58.6 Å². The van der Waals surface area contributed by atoms with Gasteiger partial charge in [0.15, 0.2) is 6.61 Å². The Bertz CT molecular complexity index is 1020. The summed E-state index contributed by atoms with van der Waals surface area (Å²) in [5, 5.41) is 3.27. The first-order valence-corrected chi connectivity index (χ1v) is 10.2. The van der Waals surface area contributed by atoms with E-state index in [-0.39, 0.29) is 18.4 Å². The van der Waals surface area contributed by atoms with Gasteiger partial charge in [0.1, 0.15) is 10.1 Å². The van der Waals surface area contributed by atoms with Crippen molar-refractivity contribution in [2.75, 3.05) is 18.1 Å². The molecule has 8 heteroatoms.